The molecule has 5 atom stereocenters. The van der Waals surface area contributed by atoms with E-state index in [1.165, 1.54) is 16.3 Å². The molecule has 0 unspecified atom stereocenters. The SMILES string of the molecule is C[C@H](c1ccc2ccccc2c1)N(C)C[C@H]1C[C@@H](c2ccc(CO)cc2)O[C@@H](c2ccc(NC(=O)[C@@H]3CCCN3C(=O)C(F)(F)F)cc2)O1. The summed E-state index contributed by atoms with van der Waals surface area (Å²) in [5, 5.41) is 14.6. The summed E-state index contributed by atoms with van der Waals surface area (Å²) in [5.74, 6) is -2.66. The Morgan fingerprint density at radius 3 is 2.35 bits per heavy atom. The molecule has 49 heavy (non-hydrogen) atoms. The number of likely N-dealkylation sites (tertiary alicyclic amines) is 1. The van der Waals surface area contributed by atoms with Crippen LogP contribution in [0.5, 0.6) is 0 Å². The van der Waals surface area contributed by atoms with Gasteiger partial charge >= 0.3 is 12.1 Å². The number of aliphatic hydroxyl groups excluding tert-OH is 1. The zero-order chi connectivity index (χ0) is 34.7. The Kier molecular flexibility index (Phi) is 10.4. The number of rotatable bonds is 9. The van der Waals surface area contributed by atoms with E-state index in [0.717, 1.165) is 11.1 Å². The molecule has 2 fully saturated rings. The van der Waals surface area contributed by atoms with Gasteiger partial charge in [-0.05, 0) is 72.5 Å². The number of ether oxygens (including phenoxy) is 2. The summed E-state index contributed by atoms with van der Waals surface area (Å²) < 4.78 is 52.2. The number of nitrogens with zero attached hydrogens (tertiary/aromatic N) is 2. The zero-order valence-electron chi connectivity index (χ0n) is 27.4. The number of hydrogen-bond donors (Lipinski definition) is 2. The summed E-state index contributed by atoms with van der Waals surface area (Å²) in [6, 6.07) is 28.2. The number of aliphatic hydroxyl groups is 1. The second-order valence-corrected chi connectivity index (χ2v) is 12.8. The average molecular weight is 676 g/mol. The zero-order valence-corrected chi connectivity index (χ0v) is 27.4. The molecular weight excluding hydrogens is 635 g/mol. The van der Waals surface area contributed by atoms with Crippen molar-refractivity contribution in [3.63, 3.8) is 0 Å². The minimum Gasteiger partial charge on any atom is -0.392 e. The Morgan fingerprint density at radius 1 is 0.959 bits per heavy atom. The van der Waals surface area contributed by atoms with Crippen LogP contribution < -0.4 is 5.32 Å². The van der Waals surface area contributed by atoms with Crippen LogP contribution in [-0.4, -0.2) is 65.2 Å². The largest absolute Gasteiger partial charge is 0.471 e. The van der Waals surface area contributed by atoms with Gasteiger partial charge in [0.2, 0.25) is 5.91 Å². The van der Waals surface area contributed by atoms with E-state index in [-0.39, 0.29) is 37.8 Å². The molecule has 2 amide bonds. The van der Waals surface area contributed by atoms with Crippen molar-refractivity contribution in [2.24, 2.45) is 0 Å². The summed E-state index contributed by atoms with van der Waals surface area (Å²) >= 11 is 0. The first kappa shape index (κ1) is 34.6. The highest BCUT2D eigenvalue weighted by molar-refractivity contribution is 5.98. The number of hydrogen-bond acceptors (Lipinski definition) is 6. The van der Waals surface area contributed by atoms with Crippen LogP contribution in [0.4, 0.5) is 18.9 Å². The predicted octanol–water partition coefficient (Wildman–Crippen LogP) is 7.06. The van der Waals surface area contributed by atoms with Crippen molar-refractivity contribution in [3.8, 4) is 0 Å². The minimum atomic E-state index is -5.04. The molecule has 8 nitrogen and oxygen atoms in total. The molecule has 2 heterocycles. The standard InChI is InChI=1S/C38H40F3N3O5/c1-24(29-14-13-26-6-3-4-7-30(26)20-29)43(2)22-32-21-34(27-11-9-25(23-45)10-12-27)49-36(48-32)28-15-17-31(18-16-28)42-35(46)33-8-5-19-44(33)37(47)38(39,40)41/h3-4,6-7,9-18,20,24,32-34,36,45H,5,8,19,21-23H2,1-2H3,(H,42,46)/t24-,32-,33+,34+,36+/m1/s1. The average Bonchev–Trinajstić information content (AvgIpc) is 3.61. The van der Waals surface area contributed by atoms with Crippen molar-refractivity contribution >= 4 is 28.3 Å². The van der Waals surface area contributed by atoms with Crippen LogP contribution in [0.25, 0.3) is 10.8 Å². The van der Waals surface area contributed by atoms with Crippen LogP contribution in [-0.2, 0) is 25.7 Å². The number of amides is 2. The third-order valence-electron chi connectivity index (χ3n) is 9.53. The van der Waals surface area contributed by atoms with E-state index in [0.29, 0.717) is 35.5 Å². The van der Waals surface area contributed by atoms with Gasteiger partial charge in [-0.3, -0.25) is 14.5 Å². The molecule has 0 radical (unpaired) electrons. The third kappa shape index (κ3) is 7.96. The molecule has 2 aliphatic heterocycles. The molecule has 2 saturated heterocycles. The van der Waals surface area contributed by atoms with Gasteiger partial charge in [-0.15, -0.1) is 0 Å². The highest BCUT2D eigenvalue weighted by atomic mass is 19.4. The van der Waals surface area contributed by atoms with Gasteiger partial charge in [0.05, 0.1) is 18.8 Å². The van der Waals surface area contributed by atoms with E-state index >= 15 is 0 Å². The molecule has 2 aliphatic rings. The lowest BCUT2D eigenvalue weighted by Gasteiger charge is -2.39. The first-order chi connectivity index (χ1) is 23.5. The fraction of sp³-hybridized carbons (Fsp3) is 0.368. The quantitative estimate of drug-likeness (QED) is 0.198. The number of carbonyl (C=O) groups is 2. The van der Waals surface area contributed by atoms with Crippen molar-refractivity contribution in [2.45, 2.75) is 69.6 Å². The van der Waals surface area contributed by atoms with Gasteiger partial charge in [0, 0.05) is 36.8 Å². The van der Waals surface area contributed by atoms with Crippen molar-refractivity contribution in [1.29, 1.82) is 0 Å². The van der Waals surface area contributed by atoms with E-state index in [2.05, 4.69) is 54.5 Å². The summed E-state index contributed by atoms with van der Waals surface area (Å²) in [5.41, 5.74) is 4.04. The molecular formula is C38H40F3N3O5. The molecule has 4 aromatic rings. The van der Waals surface area contributed by atoms with Gasteiger partial charge < -0.3 is 24.8 Å². The van der Waals surface area contributed by atoms with Gasteiger partial charge in [0.15, 0.2) is 6.29 Å². The fourth-order valence-electron chi connectivity index (χ4n) is 6.63. The van der Waals surface area contributed by atoms with Crippen LogP contribution in [0.15, 0.2) is 91.0 Å². The van der Waals surface area contributed by atoms with Crippen LogP contribution in [0.2, 0.25) is 0 Å². The predicted molar refractivity (Wildman–Crippen MR) is 179 cm³/mol. The fourth-order valence-corrected chi connectivity index (χ4v) is 6.63. The maximum Gasteiger partial charge on any atom is 0.471 e. The van der Waals surface area contributed by atoms with Crippen LogP contribution in [0.3, 0.4) is 0 Å². The number of alkyl halides is 3. The second kappa shape index (κ2) is 14.7. The number of anilines is 1. The Hall–Kier alpha value is -4.29. The van der Waals surface area contributed by atoms with Gasteiger partial charge in [-0.2, -0.15) is 13.2 Å². The number of likely N-dealkylation sites (N-methyl/N-ethyl adjacent to an activating group) is 1. The first-order valence-electron chi connectivity index (χ1n) is 16.5. The highest BCUT2D eigenvalue weighted by Gasteiger charge is 2.47. The minimum absolute atomic E-state index is 0.0576. The lowest BCUT2D eigenvalue weighted by molar-refractivity contribution is -0.253. The Morgan fingerprint density at radius 2 is 1.65 bits per heavy atom. The van der Waals surface area contributed by atoms with E-state index in [9.17, 15) is 27.9 Å². The Labute approximate surface area is 283 Å². The Bertz CT molecular complexity index is 1770. The van der Waals surface area contributed by atoms with E-state index < -0.39 is 30.3 Å². The Balaban J connectivity index is 1.17. The number of nitrogens with one attached hydrogen (secondary N) is 1. The lowest BCUT2D eigenvalue weighted by atomic mass is 9.98. The van der Waals surface area contributed by atoms with Gasteiger partial charge in [0.1, 0.15) is 6.04 Å². The molecule has 0 spiro atoms. The maximum atomic E-state index is 13.1. The molecule has 0 bridgehead atoms. The van der Waals surface area contributed by atoms with E-state index in [1.54, 1.807) is 24.3 Å². The molecule has 4 aromatic carbocycles. The highest BCUT2D eigenvalue weighted by Crippen LogP contribution is 2.39. The summed E-state index contributed by atoms with van der Waals surface area (Å²) in [6.07, 6.45) is -5.18. The number of fused-ring (bicyclic) bond motifs is 1. The van der Waals surface area contributed by atoms with Gasteiger partial charge in [-0.1, -0.05) is 72.8 Å². The third-order valence-corrected chi connectivity index (χ3v) is 9.53. The molecule has 258 valence electrons. The molecule has 2 N–H and O–H groups in total. The van der Waals surface area contributed by atoms with Gasteiger partial charge in [-0.25, -0.2) is 0 Å². The summed E-state index contributed by atoms with van der Waals surface area (Å²) in [4.78, 5) is 27.6. The summed E-state index contributed by atoms with van der Waals surface area (Å²) in [6.45, 7) is 2.62. The van der Waals surface area contributed by atoms with E-state index in [4.69, 9.17) is 9.47 Å². The topological polar surface area (TPSA) is 91.3 Å². The van der Waals surface area contributed by atoms with Crippen LogP contribution in [0.1, 0.15) is 66.9 Å². The van der Waals surface area contributed by atoms with Crippen molar-refractivity contribution in [3.05, 3.63) is 113 Å². The van der Waals surface area contributed by atoms with Gasteiger partial charge in [0.25, 0.3) is 0 Å². The number of benzene rings is 4. The molecule has 0 aromatic heterocycles. The van der Waals surface area contributed by atoms with Crippen LogP contribution in [0, 0.1) is 0 Å². The maximum absolute atomic E-state index is 13.1. The normalized spacial score (nSPS) is 22.0. The molecule has 6 rings (SSSR count). The van der Waals surface area contributed by atoms with Crippen molar-refractivity contribution in [1.82, 2.24) is 9.80 Å². The molecule has 11 heteroatoms. The number of carbonyl (C=O) groups excluding carboxylic acids is 2. The van der Waals surface area contributed by atoms with E-state index in [1.807, 2.05) is 36.4 Å². The van der Waals surface area contributed by atoms with Crippen LogP contribution >= 0.6 is 0 Å². The monoisotopic (exact) mass is 675 g/mol. The summed E-state index contributed by atoms with van der Waals surface area (Å²) in [7, 11) is 2.07. The number of halogens is 3. The molecule has 0 aliphatic carbocycles. The first-order valence-corrected chi connectivity index (χ1v) is 16.5. The lowest BCUT2D eigenvalue weighted by Crippen LogP contribution is -2.48. The van der Waals surface area contributed by atoms with Crippen molar-refractivity contribution in [2.75, 3.05) is 25.5 Å². The molecule has 0 saturated carbocycles. The van der Waals surface area contributed by atoms with Crippen molar-refractivity contribution < 1.29 is 37.3 Å². The second-order valence-electron chi connectivity index (χ2n) is 12.8. The smallest absolute Gasteiger partial charge is 0.392 e.